The van der Waals surface area contributed by atoms with Crippen molar-refractivity contribution in [2.24, 2.45) is 5.41 Å². The lowest BCUT2D eigenvalue weighted by atomic mass is 9.77. The molecule has 2 fully saturated rings. The lowest BCUT2D eigenvalue weighted by Gasteiger charge is -2.39. The minimum Gasteiger partial charge on any atom is -0.465 e. The number of rotatable bonds is 4. The van der Waals surface area contributed by atoms with Crippen molar-refractivity contribution in [1.29, 1.82) is 0 Å². The molecule has 4 heterocycles. The van der Waals surface area contributed by atoms with Crippen LogP contribution in [-0.2, 0) is 4.74 Å². The number of carbonyl (C=O) groups is 4. The molecule has 2 aliphatic rings. The fraction of sp³-hybridized carbons (Fsp3) is 0.435. The molecule has 0 aliphatic carbocycles. The molecule has 0 bridgehead atoms. The molecular formula is C23H25N3O5S. The second-order valence-electron chi connectivity index (χ2n) is 8.41. The third-order valence-corrected chi connectivity index (χ3v) is 7.58. The van der Waals surface area contributed by atoms with Crippen LogP contribution in [0.2, 0.25) is 0 Å². The van der Waals surface area contributed by atoms with Gasteiger partial charge in [-0.2, -0.15) is 0 Å². The maximum Gasteiger partial charge on any atom is 0.339 e. The summed E-state index contributed by atoms with van der Waals surface area (Å²) in [6, 6.07) is 6.53. The monoisotopic (exact) mass is 455 g/mol. The van der Waals surface area contributed by atoms with Crippen molar-refractivity contribution in [2.75, 3.05) is 33.3 Å². The number of aromatic nitrogens is 1. The Morgan fingerprint density at radius 3 is 2.16 bits per heavy atom. The summed E-state index contributed by atoms with van der Waals surface area (Å²) in [5.74, 6) is -0.694. The first-order valence-corrected chi connectivity index (χ1v) is 11.4. The topological polar surface area (TPSA) is 96.9 Å². The largest absolute Gasteiger partial charge is 0.465 e. The molecule has 0 unspecified atom stereocenters. The fourth-order valence-electron chi connectivity index (χ4n) is 4.42. The van der Waals surface area contributed by atoms with E-state index in [1.165, 1.54) is 31.6 Å². The van der Waals surface area contributed by atoms with Crippen LogP contribution in [0.4, 0.5) is 0 Å². The Morgan fingerprint density at radius 2 is 1.59 bits per heavy atom. The van der Waals surface area contributed by atoms with E-state index < -0.39 is 5.97 Å². The van der Waals surface area contributed by atoms with Crippen LogP contribution in [-0.4, -0.2) is 71.6 Å². The van der Waals surface area contributed by atoms with Crippen molar-refractivity contribution in [3.63, 3.8) is 0 Å². The van der Waals surface area contributed by atoms with Crippen molar-refractivity contribution < 1.29 is 23.9 Å². The molecule has 0 atom stereocenters. The van der Waals surface area contributed by atoms with E-state index in [0.717, 1.165) is 19.3 Å². The number of ether oxygens (including phenoxy) is 1. The van der Waals surface area contributed by atoms with E-state index in [4.69, 9.17) is 0 Å². The number of thiophene rings is 1. The highest BCUT2D eigenvalue weighted by Gasteiger charge is 2.43. The lowest BCUT2D eigenvalue weighted by Crippen LogP contribution is -2.44. The molecule has 0 N–H and O–H groups in total. The van der Waals surface area contributed by atoms with Gasteiger partial charge in [-0.3, -0.25) is 19.4 Å². The number of carbonyl (C=O) groups excluding carboxylic acids is 4. The number of ketones is 1. The van der Waals surface area contributed by atoms with Crippen molar-refractivity contribution in [2.45, 2.75) is 26.2 Å². The average Bonchev–Trinajstić information content (AvgIpc) is 3.47. The van der Waals surface area contributed by atoms with Crippen LogP contribution in [0.1, 0.15) is 66.4 Å². The minimum absolute atomic E-state index is 0.0123. The van der Waals surface area contributed by atoms with Crippen LogP contribution in [0.3, 0.4) is 0 Å². The average molecular weight is 456 g/mol. The lowest BCUT2D eigenvalue weighted by molar-refractivity contribution is 0.0568. The summed E-state index contributed by atoms with van der Waals surface area (Å²) in [5.41, 5.74) is 0.625. The predicted octanol–water partition coefficient (Wildman–Crippen LogP) is 2.90. The Morgan fingerprint density at radius 1 is 0.938 bits per heavy atom. The van der Waals surface area contributed by atoms with Crippen LogP contribution in [0, 0.1) is 5.41 Å². The van der Waals surface area contributed by atoms with E-state index in [-0.39, 0.29) is 23.0 Å². The van der Waals surface area contributed by atoms with Gasteiger partial charge in [0.05, 0.1) is 22.4 Å². The minimum atomic E-state index is -0.488. The van der Waals surface area contributed by atoms with Crippen LogP contribution in [0.15, 0.2) is 30.5 Å². The number of esters is 1. The van der Waals surface area contributed by atoms with Gasteiger partial charge in [-0.25, -0.2) is 4.79 Å². The molecule has 1 spiro atoms. The summed E-state index contributed by atoms with van der Waals surface area (Å²) in [5, 5.41) is 0. The number of hydrogen-bond acceptors (Lipinski definition) is 7. The molecule has 2 aliphatic heterocycles. The smallest absolute Gasteiger partial charge is 0.339 e. The highest BCUT2D eigenvalue weighted by molar-refractivity contribution is 7.15. The van der Waals surface area contributed by atoms with E-state index in [0.29, 0.717) is 47.2 Å². The van der Waals surface area contributed by atoms with Gasteiger partial charge in [0.2, 0.25) is 0 Å². The zero-order chi connectivity index (χ0) is 22.9. The van der Waals surface area contributed by atoms with Gasteiger partial charge in [0.15, 0.2) is 5.78 Å². The number of amides is 2. The molecule has 2 aromatic heterocycles. The first-order valence-electron chi connectivity index (χ1n) is 10.6. The summed E-state index contributed by atoms with van der Waals surface area (Å²) in [6.45, 7) is 4.07. The van der Waals surface area contributed by atoms with E-state index in [2.05, 4.69) is 9.72 Å². The first kappa shape index (κ1) is 22.1. The van der Waals surface area contributed by atoms with E-state index in [1.54, 1.807) is 24.3 Å². The van der Waals surface area contributed by atoms with Gasteiger partial charge >= 0.3 is 5.97 Å². The summed E-state index contributed by atoms with van der Waals surface area (Å²) >= 11 is 1.24. The Kier molecular flexibility index (Phi) is 6.10. The Labute approximate surface area is 190 Å². The number of methoxy groups -OCH3 is 1. The van der Waals surface area contributed by atoms with Gasteiger partial charge in [0.25, 0.3) is 11.8 Å². The highest BCUT2D eigenvalue weighted by Crippen LogP contribution is 2.41. The summed E-state index contributed by atoms with van der Waals surface area (Å²) in [4.78, 5) is 57.8. The maximum atomic E-state index is 12.9. The van der Waals surface area contributed by atoms with Crippen LogP contribution < -0.4 is 0 Å². The molecular weight excluding hydrogens is 430 g/mol. The number of likely N-dealkylation sites (tertiary alicyclic amines) is 2. The van der Waals surface area contributed by atoms with Gasteiger partial charge in [-0.1, -0.05) is 0 Å². The second kappa shape index (κ2) is 8.82. The second-order valence-corrected chi connectivity index (χ2v) is 9.50. The van der Waals surface area contributed by atoms with Crippen molar-refractivity contribution >= 4 is 34.9 Å². The predicted molar refractivity (Wildman–Crippen MR) is 118 cm³/mol. The third-order valence-electron chi connectivity index (χ3n) is 6.40. The Bertz CT molecular complexity index is 1050. The number of pyridine rings is 1. The normalized spacial score (nSPS) is 17.4. The van der Waals surface area contributed by atoms with E-state index in [9.17, 15) is 19.2 Å². The molecule has 8 nitrogen and oxygen atoms in total. The molecule has 0 saturated carbocycles. The summed E-state index contributed by atoms with van der Waals surface area (Å²) in [6.07, 6.45) is 3.93. The summed E-state index contributed by atoms with van der Waals surface area (Å²) < 4.78 is 4.66. The van der Waals surface area contributed by atoms with Gasteiger partial charge in [0.1, 0.15) is 5.69 Å². The molecule has 0 aromatic carbocycles. The number of Topliss-reactive ketones (excluding diaryl/α,β-unsaturated/α-hetero) is 1. The zero-order valence-corrected chi connectivity index (χ0v) is 18.9. The van der Waals surface area contributed by atoms with Gasteiger partial charge < -0.3 is 14.5 Å². The van der Waals surface area contributed by atoms with Crippen LogP contribution in [0.25, 0.3) is 0 Å². The number of nitrogens with zero attached hydrogens (tertiary/aromatic N) is 3. The molecule has 2 aromatic rings. The Hall–Kier alpha value is -3.07. The standard InChI is InChI=1S/C23H25N3O5S/c1-15(27)18-5-6-19(32-18)21(29)25-10-7-23(8-11-25)9-12-26(14-23)20(28)17-4-3-16(13-24-17)22(30)31-2/h3-6,13H,7-12,14H2,1-2H3. The molecule has 2 saturated heterocycles. The zero-order valence-electron chi connectivity index (χ0n) is 18.1. The molecule has 9 heteroatoms. The van der Waals surface area contributed by atoms with E-state index in [1.807, 2.05) is 9.80 Å². The molecule has 4 rings (SSSR count). The molecule has 168 valence electrons. The molecule has 0 radical (unpaired) electrons. The fourth-order valence-corrected chi connectivity index (χ4v) is 5.29. The molecule has 2 amide bonds. The van der Waals surface area contributed by atoms with Crippen molar-refractivity contribution in [1.82, 2.24) is 14.8 Å². The third kappa shape index (κ3) is 4.29. The molecule has 32 heavy (non-hydrogen) atoms. The van der Waals surface area contributed by atoms with Crippen molar-refractivity contribution in [3.8, 4) is 0 Å². The van der Waals surface area contributed by atoms with Crippen LogP contribution in [0.5, 0.6) is 0 Å². The van der Waals surface area contributed by atoms with Crippen LogP contribution >= 0.6 is 11.3 Å². The van der Waals surface area contributed by atoms with Gasteiger partial charge in [-0.15, -0.1) is 11.3 Å². The number of piperidine rings is 1. The highest BCUT2D eigenvalue weighted by atomic mass is 32.1. The number of hydrogen-bond donors (Lipinski definition) is 0. The Balaban J connectivity index is 1.35. The van der Waals surface area contributed by atoms with E-state index >= 15 is 0 Å². The first-order chi connectivity index (χ1) is 15.3. The summed E-state index contributed by atoms with van der Waals surface area (Å²) in [7, 11) is 1.30. The van der Waals surface area contributed by atoms with Gasteiger partial charge in [0, 0.05) is 32.4 Å². The van der Waals surface area contributed by atoms with Gasteiger partial charge in [-0.05, 0) is 55.9 Å². The van der Waals surface area contributed by atoms with Crippen molar-refractivity contribution in [3.05, 3.63) is 51.5 Å². The maximum absolute atomic E-state index is 12.9. The quantitative estimate of drug-likeness (QED) is 0.520. The SMILES string of the molecule is COC(=O)c1ccc(C(=O)N2CCC3(CCN(C(=O)c4ccc(C(C)=O)s4)CC3)C2)nc1.